The highest BCUT2D eigenvalue weighted by Gasteiger charge is 2.11. The SMILES string of the molecule is COc1cccc(CC(O)c2ccc3[nH]c(=O)[nH]c3c2)c1. The van der Waals surface area contributed by atoms with Crippen LogP contribution in [0, 0.1) is 0 Å². The lowest BCUT2D eigenvalue weighted by Gasteiger charge is -2.12. The van der Waals surface area contributed by atoms with E-state index in [9.17, 15) is 9.90 Å². The first-order valence-electron chi connectivity index (χ1n) is 6.68. The number of benzene rings is 2. The Hall–Kier alpha value is -2.53. The van der Waals surface area contributed by atoms with Crippen LogP contribution in [0.1, 0.15) is 17.2 Å². The van der Waals surface area contributed by atoms with Crippen molar-refractivity contribution < 1.29 is 9.84 Å². The number of hydrogen-bond acceptors (Lipinski definition) is 3. The van der Waals surface area contributed by atoms with Crippen LogP contribution in [0.2, 0.25) is 0 Å². The summed E-state index contributed by atoms with van der Waals surface area (Å²) in [5.41, 5.74) is 2.94. The van der Waals surface area contributed by atoms with Crippen molar-refractivity contribution in [3.8, 4) is 5.75 Å². The zero-order valence-corrected chi connectivity index (χ0v) is 11.6. The van der Waals surface area contributed by atoms with E-state index < -0.39 is 6.10 Å². The maximum Gasteiger partial charge on any atom is 0.323 e. The summed E-state index contributed by atoms with van der Waals surface area (Å²) in [6.45, 7) is 0. The van der Waals surface area contributed by atoms with Crippen molar-refractivity contribution in [2.45, 2.75) is 12.5 Å². The molecule has 2 aromatic carbocycles. The van der Waals surface area contributed by atoms with Crippen LogP contribution < -0.4 is 10.4 Å². The van der Waals surface area contributed by atoms with E-state index in [-0.39, 0.29) is 5.69 Å². The number of methoxy groups -OCH3 is 1. The molecule has 0 spiro atoms. The number of fused-ring (bicyclic) bond motifs is 1. The van der Waals surface area contributed by atoms with Gasteiger partial charge in [0.1, 0.15) is 5.75 Å². The van der Waals surface area contributed by atoms with Gasteiger partial charge in [-0.3, -0.25) is 0 Å². The molecule has 21 heavy (non-hydrogen) atoms. The number of aromatic amines is 2. The minimum Gasteiger partial charge on any atom is -0.497 e. The summed E-state index contributed by atoms with van der Waals surface area (Å²) in [5.74, 6) is 0.769. The summed E-state index contributed by atoms with van der Waals surface area (Å²) < 4.78 is 5.18. The van der Waals surface area contributed by atoms with Crippen LogP contribution in [-0.4, -0.2) is 22.2 Å². The van der Waals surface area contributed by atoms with Gasteiger partial charge in [-0.05, 0) is 35.4 Å². The molecule has 0 saturated heterocycles. The third-order valence-corrected chi connectivity index (χ3v) is 3.49. The van der Waals surface area contributed by atoms with E-state index in [0.29, 0.717) is 11.9 Å². The van der Waals surface area contributed by atoms with Gasteiger partial charge < -0.3 is 19.8 Å². The molecular formula is C16H16N2O3. The van der Waals surface area contributed by atoms with E-state index in [4.69, 9.17) is 4.74 Å². The summed E-state index contributed by atoms with van der Waals surface area (Å²) in [5, 5.41) is 10.4. The molecule has 0 radical (unpaired) electrons. The Morgan fingerprint density at radius 3 is 2.76 bits per heavy atom. The first-order valence-corrected chi connectivity index (χ1v) is 6.68. The second-order valence-corrected chi connectivity index (χ2v) is 4.96. The second kappa shape index (κ2) is 5.46. The Bertz CT molecular complexity index is 820. The van der Waals surface area contributed by atoms with Crippen LogP contribution in [0.15, 0.2) is 47.3 Å². The standard InChI is InChI=1S/C16H16N2O3/c1-21-12-4-2-3-10(7-12)8-15(19)11-5-6-13-14(9-11)18-16(20)17-13/h2-7,9,15,19H,8H2,1H3,(H2,17,18,20). The molecule has 0 aliphatic rings. The molecular weight excluding hydrogens is 268 g/mol. The monoisotopic (exact) mass is 284 g/mol. The summed E-state index contributed by atoms with van der Waals surface area (Å²) in [6.07, 6.45) is -0.155. The number of H-pyrrole nitrogens is 2. The van der Waals surface area contributed by atoms with Crippen LogP contribution in [0.5, 0.6) is 5.75 Å². The van der Waals surface area contributed by atoms with Crippen molar-refractivity contribution in [2.75, 3.05) is 7.11 Å². The molecule has 3 rings (SSSR count). The largest absolute Gasteiger partial charge is 0.497 e. The van der Waals surface area contributed by atoms with E-state index in [2.05, 4.69) is 9.97 Å². The van der Waals surface area contributed by atoms with Gasteiger partial charge in [0, 0.05) is 6.42 Å². The Morgan fingerprint density at radius 1 is 1.14 bits per heavy atom. The zero-order valence-electron chi connectivity index (χ0n) is 11.6. The van der Waals surface area contributed by atoms with E-state index in [1.165, 1.54) is 0 Å². The minimum atomic E-state index is -0.639. The summed E-state index contributed by atoms with van der Waals surface area (Å²) in [4.78, 5) is 16.6. The van der Waals surface area contributed by atoms with E-state index in [1.807, 2.05) is 30.3 Å². The average Bonchev–Trinajstić information content (AvgIpc) is 2.86. The predicted molar refractivity (Wildman–Crippen MR) is 80.6 cm³/mol. The topological polar surface area (TPSA) is 78.1 Å². The van der Waals surface area contributed by atoms with Gasteiger partial charge in [-0.25, -0.2) is 4.79 Å². The number of aromatic nitrogens is 2. The maximum atomic E-state index is 11.2. The molecule has 108 valence electrons. The van der Waals surface area contributed by atoms with Gasteiger partial charge >= 0.3 is 5.69 Å². The normalized spacial score (nSPS) is 12.5. The van der Waals surface area contributed by atoms with Gasteiger partial charge in [0.15, 0.2) is 0 Å². The Kier molecular flexibility index (Phi) is 3.50. The molecule has 1 atom stereocenters. The first kappa shape index (κ1) is 13.5. The van der Waals surface area contributed by atoms with E-state index >= 15 is 0 Å². The Balaban J connectivity index is 1.85. The molecule has 1 unspecified atom stereocenters. The van der Waals surface area contributed by atoms with E-state index in [0.717, 1.165) is 22.4 Å². The fourth-order valence-electron chi connectivity index (χ4n) is 2.40. The third-order valence-electron chi connectivity index (χ3n) is 3.49. The van der Waals surface area contributed by atoms with Gasteiger partial charge in [0.05, 0.1) is 24.2 Å². The number of imidazole rings is 1. The molecule has 1 aromatic heterocycles. The Morgan fingerprint density at radius 2 is 1.95 bits per heavy atom. The molecule has 5 nitrogen and oxygen atoms in total. The molecule has 1 heterocycles. The van der Waals surface area contributed by atoms with Crippen molar-refractivity contribution >= 4 is 11.0 Å². The lowest BCUT2D eigenvalue weighted by atomic mass is 10.0. The van der Waals surface area contributed by atoms with Crippen molar-refractivity contribution in [1.82, 2.24) is 9.97 Å². The summed E-state index contributed by atoms with van der Waals surface area (Å²) in [7, 11) is 1.62. The van der Waals surface area contributed by atoms with Crippen LogP contribution in [-0.2, 0) is 6.42 Å². The van der Waals surface area contributed by atoms with Gasteiger partial charge in [0.2, 0.25) is 0 Å². The molecule has 0 fully saturated rings. The quantitative estimate of drug-likeness (QED) is 0.687. The number of hydrogen-bond donors (Lipinski definition) is 3. The fourth-order valence-corrected chi connectivity index (χ4v) is 2.40. The highest BCUT2D eigenvalue weighted by atomic mass is 16.5. The molecule has 3 N–H and O–H groups in total. The molecule has 0 amide bonds. The number of nitrogens with one attached hydrogen (secondary N) is 2. The van der Waals surface area contributed by atoms with Gasteiger partial charge in [-0.2, -0.15) is 0 Å². The highest BCUT2D eigenvalue weighted by molar-refractivity contribution is 5.75. The molecule has 0 bridgehead atoms. The van der Waals surface area contributed by atoms with Gasteiger partial charge in [-0.15, -0.1) is 0 Å². The minimum absolute atomic E-state index is 0.246. The predicted octanol–water partition coefficient (Wildman–Crippen LogP) is 2.14. The van der Waals surface area contributed by atoms with Crippen molar-refractivity contribution in [2.24, 2.45) is 0 Å². The van der Waals surface area contributed by atoms with Crippen LogP contribution in [0.4, 0.5) is 0 Å². The number of rotatable bonds is 4. The molecule has 0 saturated carbocycles. The van der Waals surface area contributed by atoms with Crippen LogP contribution >= 0.6 is 0 Å². The first-order chi connectivity index (χ1) is 10.2. The Labute approximate surface area is 121 Å². The molecule has 0 aliphatic carbocycles. The lowest BCUT2D eigenvalue weighted by Crippen LogP contribution is -2.02. The number of ether oxygens (including phenoxy) is 1. The average molecular weight is 284 g/mol. The van der Waals surface area contributed by atoms with Gasteiger partial charge in [0.25, 0.3) is 0 Å². The van der Waals surface area contributed by atoms with Crippen LogP contribution in [0.25, 0.3) is 11.0 Å². The zero-order chi connectivity index (χ0) is 14.8. The second-order valence-electron chi connectivity index (χ2n) is 4.96. The smallest absolute Gasteiger partial charge is 0.323 e. The van der Waals surface area contributed by atoms with Crippen LogP contribution in [0.3, 0.4) is 0 Å². The van der Waals surface area contributed by atoms with E-state index in [1.54, 1.807) is 19.2 Å². The fraction of sp³-hybridized carbons (Fsp3) is 0.188. The number of aliphatic hydroxyl groups excluding tert-OH is 1. The third kappa shape index (κ3) is 2.83. The molecule has 3 aromatic rings. The van der Waals surface area contributed by atoms with Gasteiger partial charge in [-0.1, -0.05) is 18.2 Å². The highest BCUT2D eigenvalue weighted by Crippen LogP contribution is 2.22. The molecule has 0 aliphatic heterocycles. The lowest BCUT2D eigenvalue weighted by molar-refractivity contribution is 0.178. The summed E-state index contributed by atoms with van der Waals surface area (Å²) in [6, 6.07) is 13.0. The number of aliphatic hydroxyl groups is 1. The summed E-state index contributed by atoms with van der Waals surface area (Å²) >= 11 is 0. The van der Waals surface area contributed by atoms with Crippen molar-refractivity contribution in [3.63, 3.8) is 0 Å². The molecule has 5 heteroatoms. The van der Waals surface area contributed by atoms with Crippen molar-refractivity contribution in [3.05, 3.63) is 64.1 Å². The maximum absolute atomic E-state index is 11.2. The van der Waals surface area contributed by atoms with Crippen molar-refractivity contribution in [1.29, 1.82) is 0 Å².